The second kappa shape index (κ2) is 5.83. The summed E-state index contributed by atoms with van der Waals surface area (Å²) >= 11 is 0. The number of anilines is 1. The first-order valence-corrected chi connectivity index (χ1v) is 6.40. The molecule has 1 aromatic rings. The van der Waals surface area contributed by atoms with Gasteiger partial charge in [-0.1, -0.05) is 0 Å². The molecule has 0 unspecified atom stereocenters. The monoisotopic (exact) mass is 287 g/mol. The molecule has 6 heteroatoms. The summed E-state index contributed by atoms with van der Waals surface area (Å²) in [4.78, 5) is 12.8. The Kier molecular flexibility index (Phi) is 4.32. The molecule has 1 aliphatic heterocycles. The first-order valence-electron chi connectivity index (χ1n) is 6.40. The Morgan fingerprint density at radius 3 is 2.45 bits per heavy atom. The fourth-order valence-corrected chi connectivity index (χ4v) is 2.43. The highest BCUT2D eigenvalue weighted by Gasteiger charge is 2.32. The van der Waals surface area contributed by atoms with Gasteiger partial charge in [0.05, 0.1) is 11.7 Å². The lowest BCUT2D eigenvalue weighted by Crippen LogP contribution is -2.37. The summed E-state index contributed by atoms with van der Waals surface area (Å²) in [5.74, 6) is 0. The molecule has 0 radical (unpaired) electrons. The molecule has 0 amide bonds. The summed E-state index contributed by atoms with van der Waals surface area (Å²) in [6.07, 6.45) is -2.19. The van der Waals surface area contributed by atoms with Gasteiger partial charge < -0.3 is 9.64 Å². The zero-order chi connectivity index (χ0) is 14.8. The number of alkyl halides is 3. The number of rotatable bonds is 3. The van der Waals surface area contributed by atoms with Gasteiger partial charge in [0.2, 0.25) is 0 Å². The van der Waals surface area contributed by atoms with Crippen LogP contribution in [-0.2, 0) is 10.9 Å². The Labute approximate surface area is 115 Å². The smallest absolute Gasteiger partial charge is 0.381 e. The fourth-order valence-electron chi connectivity index (χ4n) is 2.43. The Bertz CT molecular complexity index is 480. The maximum Gasteiger partial charge on any atom is 0.416 e. The van der Waals surface area contributed by atoms with E-state index in [-0.39, 0.29) is 11.7 Å². The van der Waals surface area contributed by atoms with Crippen LogP contribution in [0, 0.1) is 0 Å². The van der Waals surface area contributed by atoms with Crippen molar-refractivity contribution in [2.24, 2.45) is 0 Å². The van der Waals surface area contributed by atoms with Gasteiger partial charge in [-0.15, -0.1) is 0 Å². The first-order chi connectivity index (χ1) is 9.45. The fraction of sp³-hybridized carbons (Fsp3) is 0.500. The molecular weight excluding hydrogens is 271 g/mol. The number of hydrogen-bond acceptors (Lipinski definition) is 3. The Morgan fingerprint density at radius 1 is 1.30 bits per heavy atom. The number of nitrogens with zero attached hydrogens (tertiary/aromatic N) is 1. The van der Waals surface area contributed by atoms with Gasteiger partial charge in [-0.2, -0.15) is 13.2 Å². The molecule has 2 rings (SSSR count). The number of carbonyl (C=O) groups excluding carboxylic acids is 1. The third-order valence-corrected chi connectivity index (χ3v) is 3.60. The normalized spacial score (nSPS) is 17.3. The predicted octanol–water partition coefficient (Wildman–Crippen LogP) is 3.13. The van der Waals surface area contributed by atoms with Crippen LogP contribution in [0.1, 0.15) is 28.8 Å². The molecule has 0 atom stereocenters. The van der Waals surface area contributed by atoms with Gasteiger partial charge in [0.25, 0.3) is 0 Å². The molecule has 1 aliphatic rings. The number of methoxy groups -OCH3 is 1. The van der Waals surface area contributed by atoms with Crippen LogP contribution in [-0.4, -0.2) is 32.6 Å². The molecular formula is C14H16F3NO2. The van der Waals surface area contributed by atoms with Crippen molar-refractivity contribution in [1.29, 1.82) is 0 Å². The topological polar surface area (TPSA) is 29.5 Å². The number of aldehydes is 1. The molecule has 110 valence electrons. The van der Waals surface area contributed by atoms with Crippen LogP contribution in [0.3, 0.4) is 0 Å². The summed E-state index contributed by atoms with van der Waals surface area (Å²) < 4.78 is 43.5. The van der Waals surface area contributed by atoms with Gasteiger partial charge >= 0.3 is 6.18 Å². The van der Waals surface area contributed by atoms with Crippen LogP contribution in [0.5, 0.6) is 0 Å². The van der Waals surface area contributed by atoms with E-state index in [9.17, 15) is 18.0 Å². The summed E-state index contributed by atoms with van der Waals surface area (Å²) in [7, 11) is 1.63. The van der Waals surface area contributed by atoms with E-state index in [1.54, 1.807) is 7.11 Å². The van der Waals surface area contributed by atoms with E-state index in [4.69, 9.17) is 4.74 Å². The quantitative estimate of drug-likeness (QED) is 0.800. The minimum absolute atomic E-state index is 0.136. The van der Waals surface area contributed by atoms with Crippen LogP contribution in [0.4, 0.5) is 18.9 Å². The molecule has 1 fully saturated rings. The van der Waals surface area contributed by atoms with Crippen molar-refractivity contribution in [1.82, 2.24) is 0 Å². The third-order valence-electron chi connectivity index (χ3n) is 3.60. The second-order valence-electron chi connectivity index (χ2n) is 4.81. The lowest BCUT2D eigenvalue weighted by atomic mass is 10.0. The van der Waals surface area contributed by atoms with Crippen molar-refractivity contribution in [2.75, 3.05) is 25.1 Å². The van der Waals surface area contributed by atoms with E-state index in [1.807, 2.05) is 4.90 Å². The molecule has 0 bridgehead atoms. The average molecular weight is 287 g/mol. The molecule has 3 nitrogen and oxygen atoms in total. The van der Waals surface area contributed by atoms with Crippen LogP contribution in [0.25, 0.3) is 0 Å². The van der Waals surface area contributed by atoms with Crippen molar-refractivity contribution in [3.05, 3.63) is 29.3 Å². The lowest BCUT2D eigenvalue weighted by Gasteiger charge is -2.34. The number of piperidine rings is 1. The van der Waals surface area contributed by atoms with Crippen LogP contribution < -0.4 is 4.90 Å². The second-order valence-corrected chi connectivity index (χ2v) is 4.81. The van der Waals surface area contributed by atoms with Crippen molar-refractivity contribution in [2.45, 2.75) is 25.1 Å². The first kappa shape index (κ1) is 14.8. The molecule has 20 heavy (non-hydrogen) atoms. The van der Waals surface area contributed by atoms with Gasteiger partial charge in [0.1, 0.15) is 0 Å². The standard InChI is InChI=1S/C14H16F3NO2/c1-20-12-4-6-18(7-5-12)13-8-11(14(15,16)17)3-2-10(13)9-19/h2-3,8-9,12H,4-7H2,1H3. The molecule has 1 saturated heterocycles. The highest BCUT2D eigenvalue weighted by Crippen LogP contribution is 2.34. The van der Waals surface area contributed by atoms with E-state index in [0.29, 0.717) is 25.1 Å². The predicted molar refractivity (Wildman–Crippen MR) is 69.1 cm³/mol. The van der Waals surface area contributed by atoms with Crippen LogP contribution in [0.2, 0.25) is 0 Å². The highest BCUT2D eigenvalue weighted by atomic mass is 19.4. The zero-order valence-corrected chi connectivity index (χ0v) is 11.1. The zero-order valence-electron chi connectivity index (χ0n) is 11.1. The number of benzene rings is 1. The Hall–Kier alpha value is -1.56. The molecule has 1 heterocycles. The molecule has 0 N–H and O–H groups in total. The van der Waals surface area contributed by atoms with Crippen LogP contribution in [0.15, 0.2) is 18.2 Å². The number of halogens is 3. The van der Waals surface area contributed by atoms with Gasteiger partial charge in [-0.3, -0.25) is 4.79 Å². The summed E-state index contributed by atoms with van der Waals surface area (Å²) in [6, 6.07) is 3.22. The van der Waals surface area contributed by atoms with Crippen molar-refractivity contribution in [3.8, 4) is 0 Å². The molecule has 0 aromatic heterocycles. The number of carbonyl (C=O) groups is 1. The maximum atomic E-state index is 12.8. The maximum absolute atomic E-state index is 12.8. The summed E-state index contributed by atoms with van der Waals surface area (Å²) in [5, 5.41) is 0. The lowest BCUT2D eigenvalue weighted by molar-refractivity contribution is -0.137. The van der Waals surface area contributed by atoms with E-state index < -0.39 is 11.7 Å². The van der Waals surface area contributed by atoms with Gasteiger partial charge in [0.15, 0.2) is 6.29 Å². The van der Waals surface area contributed by atoms with E-state index in [2.05, 4.69) is 0 Å². The van der Waals surface area contributed by atoms with Crippen LogP contribution >= 0.6 is 0 Å². The molecule has 0 aliphatic carbocycles. The Balaban J connectivity index is 2.27. The van der Waals surface area contributed by atoms with Crippen molar-refractivity contribution < 1.29 is 22.7 Å². The Morgan fingerprint density at radius 2 is 1.95 bits per heavy atom. The number of hydrogen-bond donors (Lipinski definition) is 0. The molecule has 1 aromatic carbocycles. The highest BCUT2D eigenvalue weighted by molar-refractivity contribution is 5.85. The van der Waals surface area contributed by atoms with Gasteiger partial charge in [0, 0.05) is 31.5 Å². The molecule has 0 saturated carbocycles. The van der Waals surface area contributed by atoms with Crippen molar-refractivity contribution in [3.63, 3.8) is 0 Å². The summed E-state index contributed by atoms with van der Waals surface area (Å²) in [6.45, 7) is 1.17. The largest absolute Gasteiger partial charge is 0.416 e. The SMILES string of the molecule is COC1CCN(c2cc(C(F)(F)F)ccc2C=O)CC1. The van der Waals surface area contributed by atoms with Gasteiger partial charge in [-0.25, -0.2) is 0 Å². The van der Waals surface area contributed by atoms with E-state index in [1.165, 1.54) is 6.07 Å². The van der Waals surface area contributed by atoms with E-state index >= 15 is 0 Å². The average Bonchev–Trinajstić information content (AvgIpc) is 2.45. The third kappa shape index (κ3) is 3.12. The minimum Gasteiger partial charge on any atom is -0.381 e. The van der Waals surface area contributed by atoms with E-state index in [0.717, 1.165) is 25.0 Å². The minimum atomic E-state index is -4.40. The van der Waals surface area contributed by atoms with Crippen molar-refractivity contribution >= 4 is 12.0 Å². The summed E-state index contributed by atoms with van der Waals surface area (Å²) in [5.41, 5.74) is -0.0924. The van der Waals surface area contributed by atoms with Gasteiger partial charge in [-0.05, 0) is 31.0 Å². The number of ether oxygens (including phenoxy) is 1. The molecule has 0 spiro atoms.